The van der Waals surface area contributed by atoms with Gasteiger partial charge in [0.15, 0.2) is 11.7 Å². The van der Waals surface area contributed by atoms with Crippen LogP contribution in [0.25, 0.3) is 0 Å². The summed E-state index contributed by atoms with van der Waals surface area (Å²) in [5.41, 5.74) is 0.489. The highest BCUT2D eigenvalue weighted by Crippen LogP contribution is 2.23. The zero-order valence-corrected chi connectivity index (χ0v) is 13.4. The van der Waals surface area contributed by atoms with Gasteiger partial charge in [-0.05, 0) is 38.1 Å². The molecular weight excluding hydrogens is 323 g/mol. The van der Waals surface area contributed by atoms with Crippen molar-refractivity contribution in [3.63, 3.8) is 0 Å². The van der Waals surface area contributed by atoms with Crippen molar-refractivity contribution in [2.75, 3.05) is 18.5 Å². The SMILES string of the molecule is CCOC(=O)c1sc(NC(=O)COc2ccc(F)cc2)nc1C. The van der Waals surface area contributed by atoms with E-state index in [1.807, 2.05) is 0 Å². The summed E-state index contributed by atoms with van der Waals surface area (Å²) in [6.45, 7) is 3.39. The van der Waals surface area contributed by atoms with E-state index in [4.69, 9.17) is 9.47 Å². The number of hydrogen-bond donors (Lipinski definition) is 1. The van der Waals surface area contributed by atoms with Gasteiger partial charge in [-0.1, -0.05) is 11.3 Å². The molecule has 0 spiro atoms. The van der Waals surface area contributed by atoms with Crippen molar-refractivity contribution < 1.29 is 23.5 Å². The van der Waals surface area contributed by atoms with Crippen LogP contribution in [0, 0.1) is 12.7 Å². The number of carbonyl (C=O) groups is 2. The quantitative estimate of drug-likeness (QED) is 0.820. The summed E-state index contributed by atoms with van der Waals surface area (Å²) in [6, 6.07) is 5.33. The van der Waals surface area contributed by atoms with E-state index < -0.39 is 11.9 Å². The Morgan fingerprint density at radius 3 is 2.65 bits per heavy atom. The van der Waals surface area contributed by atoms with Crippen LogP contribution in [0.15, 0.2) is 24.3 Å². The number of thiazole rings is 1. The summed E-state index contributed by atoms with van der Waals surface area (Å²) in [7, 11) is 0. The molecule has 2 rings (SSSR count). The summed E-state index contributed by atoms with van der Waals surface area (Å²) < 4.78 is 22.9. The van der Waals surface area contributed by atoms with Gasteiger partial charge < -0.3 is 9.47 Å². The number of aromatic nitrogens is 1. The maximum Gasteiger partial charge on any atom is 0.350 e. The molecule has 0 aliphatic rings. The Hall–Kier alpha value is -2.48. The molecule has 0 saturated heterocycles. The fourth-order valence-corrected chi connectivity index (χ4v) is 2.55. The molecule has 0 aliphatic carbocycles. The van der Waals surface area contributed by atoms with Crippen LogP contribution in [-0.2, 0) is 9.53 Å². The molecule has 1 heterocycles. The third-order valence-corrected chi connectivity index (χ3v) is 3.74. The molecule has 1 amide bonds. The maximum absolute atomic E-state index is 12.8. The molecule has 1 N–H and O–H groups in total. The van der Waals surface area contributed by atoms with Crippen LogP contribution in [0.4, 0.5) is 9.52 Å². The monoisotopic (exact) mass is 338 g/mol. The lowest BCUT2D eigenvalue weighted by Crippen LogP contribution is -2.20. The van der Waals surface area contributed by atoms with Gasteiger partial charge in [-0.2, -0.15) is 0 Å². The Labute approximate surface area is 136 Å². The minimum Gasteiger partial charge on any atom is -0.484 e. The van der Waals surface area contributed by atoms with E-state index in [0.29, 0.717) is 21.5 Å². The first kappa shape index (κ1) is 16.9. The molecule has 0 saturated carbocycles. The molecule has 23 heavy (non-hydrogen) atoms. The minimum atomic E-state index is -0.467. The third-order valence-electron chi connectivity index (χ3n) is 2.69. The van der Waals surface area contributed by atoms with Crippen molar-refractivity contribution in [1.82, 2.24) is 4.98 Å². The van der Waals surface area contributed by atoms with E-state index in [1.165, 1.54) is 24.3 Å². The van der Waals surface area contributed by atoms with Gasteiger partial charge in [-0.15, -0.1) is 0 Å². The highest BCUT2D eigenvalue weighted by molar-refractivity contribution is 7.17. The lowest BCUT2D eigenvalue weighted by atomic mass is 10.3. The number of aryl methyl sites for hydroxylation is 1. The van der Waals surface area contributed by atoms with E-state index >= 15 is 0 Å². The van der Waals surface area contributed by atoms with Crippen molar-refractivity contribution in [3.05, 3.63) is 40.7 Å². The molecule has 0 radical (unpaired) electrons. The number of anilines is 1. The number of esters is 1. The molecule has 0 aliphatic heterocycles. The highest BCUT2D eigenvalue weighted by Gasteiger charge is 2.17. The normalized spacial score (nSPS) is 10.2. The highest BCUT2D eigenvalue weighted by atomic mass is 32.1. The standard InChI is InChI=1S/C15H15FN2O4S/c1-3-21-14(20)13-9(2)17-15(23-13)18-12(19)8-22-11-6-4-10(16)5-7-11/h4-7H,3,8H2,1-2H3,(H,17,18,19). The van der Waals surface area contributed by atoms with Crippen LogP contribution in [0.1, 0.15) is 22.3 Å². The van der Waals surface area contributed by atoms with Gasteiger partial charge in [0.1, 0.15) is 16.4 Å². The fourth-order valence-electron chi connectivity index (χ4n) is 1.67. The topological polar surface area (TPSA) is 77.5 Å². The predicted octanol–water partition coefficient (Wildman–Crippen LogP) is 2.78. The maximum atomic E-state index is 12.8. The van der Waals surface area contributed by atoms with Crippen LogP contribution in [0.2, 0.25) is 0 Å². The average Bonchev–Trinajstić information content (AvgIpc) is 2.87. The van der Waals surface area contributed by atoms with Gasteiger partial charge in [0.2, 0.25) is 0 Å². The fraction of sp³-hybridized carbons (Fsp3) is 0.267. The third kappa shape index (κ3) is 4.75. The number of rotatable bonds is 6. The van der Waals surface area contributed by atoms with Gasteiger partial charge in [-0.25, -0.2) is 14.2 Å². The first-order valence-electron chi connectivity index (χ1n) is 6.82. The average molecular weight is 338 g/mol. The van der Waals surface area contributed by atoms with Crippen LogP contribution in [0.5, 0.6) is 5.75 Å². The molecule has 0 fully saturated rings. The van der Waals surface area contributed by atoms with E-state index in [1.54, 1.807) is 13.8 Å². The molecule has 0 unspecified atom stereocenters. The number of benzene rings is 1. The molecule has 1 aromatic heterocycles. The zero-order chi connectivity index (χ0) is 16.8. The Balaban J connectivity index is 1.91. The van der Waals surface area contributed by atoms with Crippen molar-refractivity contribution in [3.8, 4) is 5.75 Å². The Morgan fingerprint density at radius 2 is 2.00 bits per heavy atom. The smallest absolute Gasteiger partial charge is 0.350 e. The summed E-state index contributed by atoms with van der Waals surface area (Å²) >= 11 is 1.04. The number of amides is 1. The number of nitrogens with zero attached hydrogens (tertiary/aromatic N) is 1. The summed E-state index contributed by atoms with van der Waals surface area (Å²) in [5, 5.41) is 2.83. The van der Waals surface area contributed by atoms with Crippen molar-refractivity contribution in [2.24, 2.45) is 0 Å². The van der Waals surface area contributed by atoms with Gasteiger partial charge in [0.25, 0.3) is 5.91 Å². The molecule has 8 heteroatoms. The second kappa shape index (κ2) is 7.68. The minimum absolute atomic E-state index is 0.251. The first-order valence-corrected chi connectivity index (χ1v) is 7.64. The van der Waals surface area contributed by atoms with E-state index in [9.17, 15) is 14.0 Å². The van der Waals surface area contributed by atoms with E-state index in [2.05, 4.69) is 10.3 Å². The zero-order valence-electron chi connectivity index (χ0n) is 12.6. The van der Waals surface area contributed by atoms with Crippen LogP contribution in [-0.4, -0.2) is 30.1 Å². The summed E-state index contributed by atoms with van der Waals surface area (Å²) in [6.07, 6.45) is 0. The molecular formula is C15H15FN2O4S. The van der Waals surface area contributed by atoms with Crippen molar-refractivity contribution >= 4 is 28.3 Å². The summed E-state index contributed by atoms with van der Waals surface area (Å²) in [5.74, 6) is -0.903. The van der Waals surface area contributed by atoms with Gasteiger partial charge >= 0.3 is 5.97 Å². The van der Waals surface area contributed by atoms with Crippen LogP contribution in [0.3, 0.4) is 0 Å². The van der Waals surface area contributed by atoms with E-state index in [-0.39, 0.29) is 19.0 Å². The van der Waals surface area contributed by atoms with Crippen LogP contribution >= 0.6 is 11.3 Å². The largest absolute Gasteiger partial charge is 0.484 e. The molecule has 0 bridgehead atoms. The predicted molar refractivity (Wildman–Crippen MR) is 83.3 cm³/mol. The number of nitrogens with one attached hydrogen (secondary N) is 1. The van der Waals surface area contributed by atoms with Gasteiger partial charge in [0.05, 0.1) is 12.3 Å². The lowest BCUT2D eigenvalue weighted by molar-refractivity contribution is -0.118. The molecule has 6 nitrogen and oxygen atoms in total. The van der Waals surface area contributed by atoms with Crippen molar-refractivity contribution in [1.29, 1.82) is 0 Å². The number of halogens is 1. The number of carbonyl (C=O) groups excluding carboxylic acids is 2. The van der Waals surface area contributed by atoms with E-state index in [0.717, 1.165) is 11.3 Å². The van der Waals surface area contributed by atoms with Gasteiger partial charge in [0, 0.05) is 0 Å². The van der Waals surface area contributed by atoms with Crippen molar-refractivity contribution in [2.45, 2.75) is 13.8 Å². The van der Waals surface area contributed by atoms with Crippen LogP contribution < -0.4 is 10.1 Å². The molecule has 122 valence electrons. The first-order chi connectivity index (χ1) is 11.0. The summed E-state index contributed by atoms with van der Waals surface area (Å²) in [4.78, 5) is 27.9. The molecule has 0 atom stereocenters. The Kier molecular flexibility index (Phi) is 5.64. The second-order valence-electron chi connectivity index (χ2n) is 4.44. The van der Waals surface area contributed by atoms with Gasteiger partial charge in [-0.3, -0.25) is 10.1 Å². The Morgan fingerprint density at radius 1 is 1.30 bits per heavy atom. The lowest BCUT2D eigenvalue weighted by Gasteiger charge is -2.05. The molecule has 2 aromatic rings. The number of hydrogen-bond acceptors (Lipinski definition) is 6. The number of ether oxygens (including phenoxy) is 2. The Bertz CT molecular complexity index is 700. The molecule has 1 aromatic carbocycles. The second-order valence-corrected chi connectivity index (χ2v) is 5.44.